The van der Waals surface area contributed by atoms with Crippen molar-refractivity contribution >= 4 is 51.0 Å². The van der Waals surface area contributed by atoms with E-state index < -0.39 is 0 Å². The van der Waals surface area contributed by atoms with Crippen LogP contribution in [-0.2, 0) is 0 Å². The third-order valence-corrected chi connectivity index (χ3v) is 7.55. The second kappa shape index (κ2) is 13.4. The van der Waals surface area contributed by atoms with E-state index in [4.69, 9.17) is 4.74 Å². The Labute approximate surface area is 230 Å². The number of piperazine rings is 1. The summed E-state index contributed by atoms with van der Waals surface area (Å²) >= 11 is 4.89. The molecule has 3 amide bonds. The molecule has 7 nitrogen and oxygen atoms in total. The van der Waals surface area contributed by atoms with Crippen LogP contribution < -0.4 is 10.1 Å². The molecule has 1 aliphatic rings. The van der Waals surface area contributed by atoms with Crippen molar-refractivity contribution in [3.05, 3.63) is 87.0 Å². The Morgan fingerprint density at radius 3 is 2.62 bits per heavy atom. The predicted octanol–water partition coefficient (Wildman–Crippen LogP) is 5.52. The van der Waals surface area contributed by atoms with Gasteiger partial charge >= 0.3 is 6.03 Å². The summed E-state index contributed by atoms with van der Waals surface area (Å²) in [5.41, 5.74) is 1.75. The molecule has 0 spiro atoms. The van der Waals surface area contributed by atoms with Gasteiger partial charge in [0, 0.05) is 61.5 Å². The lowest BCUT2D eigenvalue weighted by Gasteiger charge is -2.35. The topological polar surface area (TPSA) is 65.1 Å². The number of anilines is 1. The number of benzene rings is 2. The lowest BCUT2D eigenvalue weighted by molar-refractivity contribution is 0.0744. The van der Waals surface area contributed by atoms with Crippen molar-refractivity contribution in [2.75, 3.05) is 58.2 Å². The van der Waals surface area contributed by atoms with Crippen LogP contribution in [0.2, 0.25) is 0 Å². The smallest absolute Gasteiger partial charge is 0.321 e. The van der Waals surface area contributed by atoms with E-state index >= 15 is 0 Å². The molecule has 1 fully saturated rings. The van der Waals surface area contributed by atoms with Crippen LogP contribution in [0.5, 0.6) is 5.75 Å². The molecule has 1 aromatic heterocycles. The molecule has 194 valence electrons. The second-order valence-corrected chi connectivity index (χ2v) is 10.5. The second-order valence-electron chi connectivity index (χ2n) is 8.64. The summed E-state index contributed by atoms with van der Waals surface area (Å²) < 4.78 is 6.35. The molecule has 0 saturated carbocycles. The third kappa shape index (κ3) is 7.67. The Bertz CT molecular complexity index is 1210. The largest absolute Gasteiger partial charge is 0.496 e. The van der Waals surface area contributed by atoms with Crippen LogP contribution in [0.15, 0.2) is 76.6 Å². The van der Waals surface area contributed by atoms with Crippen molar-refractivity contribution in [1.29, 1.82) is 0 Å². The van der Waals surface area contributed by atoms with Crippen LogP contribution in [0.3, 0.4) is 0 Å². The maximum atomic E-state index is 13.2. The molecule has 0 aliphatic carbocycles. The van der Waals surface area contributed by atoms with Gasteiger partial charge in [-0.3, -0.25) is 9.69 Å². The first-order valence-electron chi connectivity index (χ1n) is 12.2. The van der Waals surface area contributed by atoms with E-state index in [1.54, 1.807) is 7.11 Å². The lowest BCUT2D eigenvalue weighted by Crippen LogP contribution is -2.51. The average molecular weight is 584 g/mol. The summed E-state index contributed by atoms with van der Waals surface area (Å²) in [5, 5.41) is 4.89. The molecule has 0 radical (unpaired) electrons. The standard InChI is InChI=1S/C28H31BrN4O3S/c1-36-25-11-3-2-7-22(25)8-5-13-32(27(34)26-12-6-20-37-26)17-14-31-15-18-33(19-16-31)28(35)30-24-10-4-9-23(29)21-24/h2-12,20-21H,13-19H2,1H3,(H,30,35)/b8-5+. The lowest BCUT2D eigenvalue weighted by atomic mass is 10.2. The predicted molar refractivity (Wildman–Crippen MR) is 153 cm³/mol. The Kier molecular flexibility index (Phi) is 9.76. The normalized spacial score (nSPS) is 14.1. The number of rotatable bonds is 9. The number of nitrogens with one attached hydrogen (secondary N) is 1. The maximum Gasteiger partial charge on any atom is 0.321 e. The Balaban J connectivity index is 1.31. The number of methoxy groups -OCH3 is 1. The summed E-state index contributed by atoms with van der Waals surface area (Å²) in [6.45, 7) is 4.69. The number of thiophene rings is 1. The van der Waals surface area contributed by atoms with Crippen LogP contribution in [-0.4, -0.2) is 79.6 Å². The SMILES string of the molecule is COc1ccccc1/C=C/CN(CCN1CCN(C(=O)Nc2cccc(Br)c2)CC1)C(=O)c1cccs1. The van der Waals surface area contributed by atoms with E-state index in [0.717, 1.165) is 46.0 Å². The zero-order valence-corrected chi connectivity index (χ0v) is 23.2. The zero-order valence-electron chi connectivity index (χ0n) is 20.8. The van der Waals surface area contributed by atoms with Gasteiger partial charge in [-0.25, -0.2) is 4.79 Å². The Hall–Kier alpha value is -3.14. The highest BCUT2D eigenvalue weighted by Gasteiger charge is 2.23. The number of hydrogen-bond donors (Lipinski definition) is 1. The number of urea groups is 1. The number of carbonyl (C=O) groups is 2. The number of halogens is 1. The fraction of sp³-hybridized carbons (Fsp3) is 0.286. The number of para-hydroxylation sites is 1. The van der Waals surface area contributed by atoms with Crippen LogP contribution in [0, 0.1) is 0 Å². The van der Waals surface area contributed by atoms with Gasteiger partial charge in [-0.1, -0.05) is 58.4 Å². The number of amides is 3. The van der Waals surface area contributed by atoms with Crippen molar-refractivity contribution in [2.24, 2.45) is 0 Å². The van der Waals surface area contributed by atoms with E-state index in [2.05, 4.69) is 26.1 Å². The molecule has 1 aliphatic heterocycles. The monoisotopic (exact) mass is 582 g/mol. The Morgan fingerprint density at radius 1 is 1.08 bits per heavy atom. The van der Waals surface area contributed by atoms with Crippen LogP contribution in [0.1, 0.15) is 15.2 Å². The first kappa shape index (κ1) is 26.9. The zero-order chi connectivity index (χ0) is 26.0. The van der Waals surface area contributed by atoms with Gasteiger partial charge in [0.15, 0.2) is 0 Å². The molecule has 37 heavy (non-hydrogen) atoms. The summed E-state index contributed by atoms with van der Waals surface area (Å²) in [7, 11) is 1.66. The average Bonchev–Trinajstić information content (AvgIpc) is 3.46. The first-order valence-corrected chi connectivity index (χ1v) is 13.9. The van der Waals surface area contributed by atoms with Gasteiger partial charge in [0.1, 0.15) is 5.75 Å². The van der Waals surface area contributed by atoms with Gasteiger partial charge in [-0.05, 0) is 35.7 Å². The van der Waals surface area contributed by atoms with Crippen LogP contribution in [0.4, 0.5) is 10.5 Å². The number of carbonyl (C=O) groups excluding carboxylic acids is 2. The summed E-state index contributed by atoms with van der Waals surface area (Å²) in [6, 6.07) is 19.1. The molecular formula is C28H31BrN4O3S. The fourth-order valence-electron chi connectivity index (χ4n) is 4.15. The van der Waals surface area contributed by atoms with Crippen LogP contribution in [0.25, 0.3) is 6.08 Å². The minimum atomic E-state index is -0.0891. The quantitative estimate of drug-likeness (QED) is 0.360. The summed E-state index contributed by atoms with van der Waals surface area (Å²) in [5.74, 6) is 0.836. The van der Waals surface area contributed by atoms with Crippen LogP contribution >= 0.6 is 27.3 Å². The molecule has 1 saturated heterocycles. The third-order valence-electron chi connectivity index (χ3n) is 6.20. The molecule has 1 N–H and O–H groups in total. The van der Waals surface area contributed by atoms with E-state index in [0.29, 0.717) is 26.2 Å². The molecule has 0 unspecified atom stereocenters. The van der Waals surface area contributed by atoms with Gasteiger partial charge in [0.25, 0.3) is 5.91 Å². The number of hydrogen-bond acceptors (Lipinski definition) is 5. The maximum absolute atomic E-state index is 13.2. The van der Waals surface area contributed by atoms with Crippen molar-refractivity contribution in [1.82, 2.24) is 14.7 Å². The highest BCUT2D eigenvalue weighted by Crippen LogP contribution is 2.19. The summed E-state index contributed by atoms with van der Waals surface area (Å²) in [6.07, 6.45) is 4.00. The van der Waals surface area contributed by atoms with Gasteiger partial charge < -0.3 is 19.9 Å². The van der Waals surface area contributed by atoms with E-state index in [9.17, 15) is 9.59 Å². The summed E-state index contributed by atoms with van der Waals surface area (Å²) in [4.78, 5) is 32.6. The number of nitrogens with zero attached hydrogens (tertiary/aromatic N) is 3. The molecule has 2 aromatic carbocycles. The Morgan fingerprint density at radius 2 is 1.89 bits per heavy atom. The van der Waals surface area contributed by atoms with Gasteiger partial charge in [0.05, 0.1) is 12.0 Å². The van der Waals surface area contributed by atoms with Crippen molar-refractivity contribution < 1.29 is 14.3 Å². The molecule has 3 aromatic rings. The molecule has 4 rings (SSSR count). The molecule has 0 atom stereocenters. The van der Waals surface area contributed by atoms with E-state index in [1.165, 1.54) is 11.3 Å². The number of ether oxygens (including phenoxy) is 1. The van der Waals surface area contributed by atoms with E-state index in [-0.39, 0.29) is 11.9 Å². The van der Waals surface area contributed by atoms with Crippen molar-refractivity contribution in [3.63, 3.8) is 0 Å². The van der Waals surface area contributed by atoms with E-state index in [1.807, 2.05) is 88.0 Å². The highest BCUT2D eigenvalue weighted by molar-refractivity contribution is 9.10. The first-order chi connectivity index (χ1) is 18.0. The minimum Gasteiger partial charge on any atom is -0.496 e. The molecule has 0 bridgehead atoms. The fourth-order valence-corrected chi connectivity index (χ4v) is 5.24. The molecule has 2 heterocycles. The highest BCUT2D eigenvalue weighted by atomic mass is 79.9. The van der Waals surface area contributed by atoms with Crippen molar-refractivity contribution in [3.8, 4) is 5.75 Å². The van der Waals surface area contributed by atoms with Gasteiger partial charge in [0.2, 0.25) is 0 Å². The molecular weight excluding hydrogens is 552 g/mol. The van der Waals surface area contributed by atoms with Gasteiger partial charge in [-0.2, -0.15) is 0 Å². The molecule has 9 heteroatoms. The van der Waals surface area contributed by atoms with Gasteiger partial charge in [-0.15, -0.1) is 11.3 Å². The minimum absolute atomic E-state index is 0.0340. The van der Waals surface area contributed by atoms with Crippen molar-refractivity contribution in [2.45, 2.75) is 0 Å².